The van der Waals surface area contributed by atoms with E-state index in [1.54, 1.807) is 24.3 Å². The number of anilines is 3. The van der Waals surface area contributed by atoms with Gasteiger partial charge < -0.3 is 20.3 Å². The van der Waals surface area contributed by atoms with Crippen LogP contribution >= 0.6 is 0 Å². The molecule has 0 atom stereocenters. The van der Waals surface area contributed by atoms with Gasteiger partial charge in [-0.25, -0.2) is 13.4 Å². The quantitative estimate of drug-likeness (QED) is 0.597. The molecule has 1 fully saturated rings. The minimum absolute atomic E-state index is 0.298. The van der Waals surface area contributed by atoms with E-state index in [4.69, 9.17) is 9.72 Å². The van der Waals surface area contributed by atoms with Gasteiger partial charge in [0, 0.05) is 48.4 Å². The second-order valence-electron chi connectivity index (χ2n) is 8.21. The number of nitrogens with zero attached hydrogens (tertiary/aromatic N) is 2. The molecule has 2 aliphatic rings. The van der Waals surface area contributed by atoms with Gasteiger partial charge in [0.2, 0.25) is 0 Å². The summed E-state index contributed by atoms with van der Waals surface area (Å²) in [6.45, 7) is 3.92. The van der Waals surface area contributed by atoms with Gasteiger partial charge in [0.05, 0.1) is 23.8 Å². The maximum absolute atomic E-state index is 11.8. The third-order valence-electron chi connectivity index (χ3n) is 5.88. The molecule has 170 valence electrons. The standard InChI is InChI=1S/C25H26N4O3S/c1-33(30,31)22-7-5-18(6-8-22)24-15-19-9-10-26-17-23(19)25(28-24)27-20-3-2-4-21(16-20)29-11-13-32-14-12-29/h2-10,15-16,26H,11-14,17H2,1H3,(H,27,28). The number of hydrogen-bond donors (Lipinski definition) is 2. The summed E-state index contributed by atoms with van der Waals surface area (Å²) in [6.07, 6.45) is 5.18. The molecular formula is C25H26N4O3S. The monoisotopic (exact) mass is 462 g/mol. The molecule has 3 heterocycles. The van der Waals surface area contributed by atoms with E-state index in [0.717, 1.165) is 65.9 Å². The third kappa shape index (κ3) is 4.72. The minimum atomic E-state index is -3.24. The lowest BCUT2D eigenvalue weighted by atomic mass is 10.0. The predicted octanol–water partition coefficient (Wildman–Crippen LogP) is 3.81. The molecule has 0 saturated carbocycles. The smallest absolute Gasteiger partial charge is 0.175 e. The topological polar surface area (TPSA) is 83.6 Å². The molecule has 2 aromatic carbocycles. The number of aromatic nitrogens is 1. The zero-order valence-corrected chi connectivity index (χ0v) is 19.2. The van der Waals surface area contributed by atoms with Gasteiger partial charge in [-0.2, -0.15) is 0 Å². The van der Waals surface area contributed by atoms with Crippen LogP contribution in [-0.4, -0.2) is 46.0 Å². The molecule has 33 heavy (non-hydrogen) atoms. The molecule has 0 radical (unpaired) electrons. The molecule has 8 heteroatoms. The van der Waals surface area contributed by atoms with Crippen LogP contribution in [0.3, 0.4) is 0 Å². The zero-order chi connectivity index (χ0) is 22.8. The van der Waals surface area contributed by atoms with Crippen molar-refractivity contribution in [3.8, 4) is 11.3 Å². The van der Waals surface area contributed by atoms with Gasteiger partial charge in [0.1, 0.15) is 5.82 Å². The summed E-state index contributed by atoms with van der Waals surface area (Å²) in [5.41, 5.74) is 5.94. The second-order valence-corrected chi connectivity index (χ2v) is 10.2. The lowest BCUT2D eigenvalue weighted by Crippen LogP contribution is -2.36. The number of sulfone groups is 1. The summed E-state index contributed by atoms with van der Waals surface area (Å²) in [7, 11) is -3.24. The van der Waals surface area contributed by atoms with Gasteiger partial charge in [-0.05, 0) is 54.2 Å². The number of hydrogen-bond acceptors (Lipinski definition) is 7. The highest BCUT2D eigenvalue weighted by molar-refractivity contribution is 7.90. The molecule has 0 bridgehead atoms. The normalized spacial score (nSPS) is 15.6. The highest BCUT2D eigenvalue weighted by atomic mass is 32.2. The first-order valence-electron chi connectivity index (χ1n) is 10.9. The van der Waals surface area contributed by atoms with Crippen molar-refractivity contribution in [2.75, 3.05) is 42.8 Å². The average molecular weight is 463 g/mol. The Morgan fingerprint density at radius 1 is 1.06 bits per heavy atom. The van der Waals surface area contributed by atoms with E-state index in [0.29, 0.717) is 11.4 Å². The Bertz CT molecular complexity index is 1300. The van der Waals surface area contributed by atoms with E-state index in [1.165, 1.54) is 6.26 Å². The van der Waals surface area contributed by atoms with E-state index >= 15 is 0 Å². The number of ether oxygens (including phenoxy) is 1. The van der Waals surface area contributed by atoms with Crippen molar-refractivity contribution in [3.05, 3.63) is 71.9 Å². The van der Waals surface area contributed by atoms with Crippen LogP contribution in [0.25, 0.3) is 17.3 Å². The average Bonchev–Trinajstić information content (AvgIpc) is 2.84. The second kappa shape index (κ2) is 8.88. The van der Waals surface area contributed by atoms with E-state index < -0.39 is 9.84 Å². The van der Waals surface area contributed by atoms with Gasteiger partial charge >= 0.3 is 0 Å². The Kier molecular flexibility index (Phi) is 5.78. The van der Waals surface area contributed by atoms with Crippen molar-refractivity contribution in [2.24, 2.45) is 0 Å². The van der Waals surface area contributed by atoms with Gasteiger partial charge in [0.15, 0.2) is 9.84 Å². The van der Waals surface area contributed by atoms with Crippen LogP contribution in [0, 0.1) is 0 Å². The van der Waals surface area contributed by atoms with Crippen LogP contribution < -0.4 is 15.5 Å². The van der Waals surface area contributed by atoms with Crippen molar-refractivity contribution in [3.63, 3.8) is 0 Å². The Labute approximate surface area is 194 Å². The third-order valence-corrected chi connectivity index (χ3v) is 7.01. The molecule has 0 unspecified atom stereocenters. The van der Waals surface area contributed by atoms with Crippen molar-refractivity contribution in [2.45, 2.75) is 11.4 Å². The van der Waals surface area contributed by atoms with E-state index in [-0.39, 0.29) is 0 Å². The maximum Gasteiger partial charge on any atom is 0.175 e. The Balaban J connectivity index is 1.49. The van der Waals surface area contributed by atoms with Crippen molar-refractivity contribution >= 4 is 33.1 Å². The highest BCUT2D eigenvalue weighted by Crippen LogP contribution is 2.31. The first-order valence-corrected chi connectivity index (χ1v) is 12.8. The fraction of sp³-hybridized carbons (Fsp3) is 0.240. The van der Waals surface area contributed by atoms with Crippen molar-refractivity contribution in [1.29, 1.82) is 0 Å². The Morgan fingerprint density at radius 2 is 1.85 bits per heavy atom. The number of rotatable bonds is 5. The minimum Gasteiger partial charge on any atom is -0.387 e. The SMILES string of the molecule is CS(=O)(=O)c1ccc(-c2cc3c(c(Nc4cccc(N5CCOCC5)c4)n2)CNC=C3)cc1. The van der Waals surface area contributed by atoms with E-state index in [9.17, 15) is 8.42 Å². The molecule has 1 aromatic heterocycles. The lowest BCUT2D eigenvalue weighted by Gasteiger charge is -2.29. The molecule has 2 aliphatic heterocycles. The van der Waals surface area contributed by atoms with Crippen molar-refractivity contribution in [1.82, 2.24) is 10.3 Å². The number of morpholine rings is 1. The van der Waals surface area contributed by atoms with Crippen LogP contribution in [-0.2, 0) is 21.1 Å². The molecule has 2 N–H and O–H groups in total. The predicted molar refractivity (Wildman–Crippen MR) is 131 cm³/mol. The fourth-order valence-electron chi connectivity index (χ4n) is 4.10. The Morgan fingerprint density at radius 3 is 2.61 bits per heavy atom. The van der Waals surface area contributed by atoms with Gasteiger partial charge in [-0.15, -0.1) is 0 Å². The number of benzene rings is 2. The fourth-order valence-corrected chi connectivity index (χ4v) is 4.73. The Hall–Kier alpha value is -3.36. The first-order chi connectivity index (χ1) is 16.0. The van der Waals surface area contributed by atoms with Crippen LogP contribution in [0.2, 0.25) is 0 Å². The van der Waals surface area contributed by atoms with Crippen LogP contribution in [0.5, 0.6) is 0 Å². The zero-order valence-electron chi connectivity index (χ0n) is 18.4. The summed E-state index contributed by atoms with van der Waals surface area (Å²) >= 11 is 0. The van der Waals surface area contributed by atoms with E-state index in [1.807, 2.05) is 30.5 Å². The summed E-state index contributed by atoms with van der Waals surface area (Å²) in [5, 5.41) is 6.78. The molecule has 3 aromatic rings. The van der Waals surface area contributed by atoms with Gasteiger partial charge in [0.25, 0.3) is 0 Å². The maximum atomic E-state index is 11.8. The molecular weight excluding hydrogens is 436 g/mol. The largest absolute Gasteiger partial charge is 0.387 e. The molecule has 0 aliphatic carbocycles. The molecule has 0 amide bonds. The molecule has 1 saturated heterocycles. The summed E-state index contributed by atoms with van der Waals surface area (Å²) < 4.78 is 29.1. The first kappa shape index (κ1) is 21.5. The van der Waals surface area contributed by atoms with Crippen LogP contribution in [0.1, 0.15) is 11.1 Å². The number of pyridine rings is 1. The van der Waals surface area contributed by atoms with E-state index in [2.05, 4.69) is 27.7 Å². The summed E-state index contributed by atoms with van der Waals surface area (Å²) in [4.78, 5) is 7.54. The van der Waals surface area contributed by atoms with Crippen LogP contribution in [0.15, 0.2) is 65.7 Å². The number of fused-ring (bicyclic) bond motifs is 1. The molecule has 0 spiro atoms. The summed E-state index contributed by atoms with van der Waals surface area (Å²) in [5.74, 6) is 0.783. The number of nitrogens with one attached hydrogen (secondary N) is 2. The molecule has 5 rings (SSSR count). The van der Waals surface area contributed by atoms with Crippen molar-refractivity contribution < 1.29 is 13.2 Å². The summed E-state index contributed by atoms with van der Waals surface area (Å²) in [6, 6.07) is 17.2. The lowest BCUT2D eigenvalue weighted by molar-refractivity contribution is 0.122. The molecule has 7 nitrogen and oxygen atoms in total. The van der Waals surface area contributed by atoms with Gasteiger partial charge in [-0.1, -0.05) is 18.2 Å². The van der Waals surface area contributed by atoms with Gasteiger partial charge in [-0.3, -0.25) is 0 Å². The highest BCUT2D eigenvalue weighted by Gasteiger charge is 2.17. The van der Waals surface area contributed by atoms with Crippen LogP contribution in [0.4, 0.5) is 17.2 Å².